The van der Waals surface area contributed by atoms with E-state index >= 15 is 0 Å². The summed E-state index contributed by atoms with van der Waals surface area (Å²) < 4.78 is 57.7. The number of nitrogens with zero attached hydrogens (tertiary/aromatic N) is 1. The van der Waals surface area contributed by atoms with Crippen molar-refractivity contribution < 1.29 is 27.4 Å². The van der Waals surface area contributed by atoms with E-state index in [-0.39, 0.29) is 11.7 Å². The Hall–Kier alpha value is -3.00. The Morgan fingerprint density at radius 2 is 1.97 bits per heavy atom. The Balaban J connectivity index is 1.68. The molecule has 1 aliphatic heterocycles. The molecular weight excluding hydrogens is 409 g/mol. The molecule has 8 heteroatoms. The third kappa shape index (κ3) is 4.39. The van der Waals surface area contributed by atoms with Gasteiger partial charge in [-0.2, -0.15) is 0 Å². The van der Waals surface area contributed by atoms with Crippen LogP contribution in [0, 0.1) is 5.82 Å². The molecule has 0 radical (unpaired) electrons. The van der Waals surface area contributed by atoms with E-state index in [9.17, 15) is 13.2 Å². The Labute approximate surface area is 178 Å². The maximum absolute atomic E-state index is 14.6. The third-order valence-corrected chi connectivity index (χ3v) is 5.34. The molecule has 0 bridgehead atoms. The minimum Gasteiger partial charge on any atom is -0.493 e. The van der Waals surface area contributed by atoms with Gasteiger partial charge in [-0.3, -0.25) is 4.98 Å². The van der Waals surface area contributed by atoms with Crippen LogP contribution >= 0.6 is 0 Å². The van der Waals surface area contributed by atoms with Crippen LogP contribution in [0.4, 0.5) is 18.9 Å². The zero-order valence-corrected chi connectivity index (χ0v) is 17.2. The van der Waals surface area contributed by atoms with Crippen molar-refractivity contribution in [3.05, 3.63) is 59.5 Å². The normalized spacial score (nSPS) is 17.2. The number of aromatic nitrogens is 1. The fraction of sp³-hybridized carbons (Fsp3) is 0.348. The van der Waals surface area contributed by atoms with Crippen LogP contribution in [0.1, 0.15) is 36.9 Å². The SMILES string of the molecule is COc1cc2nccc(N[C@H](C)c3cccc(C(F)F)c3F)c2cc1O[C@H]1CCOC1. The molecule has 0 saturated carbocycles. The van der Waals surface area contributed by atoms with E-state index in [1.165, 1.54) is 12.1 Å². The maximum atomic E-state index is 14.6. The Bertz CT molecular complexity index is 1070. The van der Waals surface area contributed by atoms with Gasteiger partial charge >= 0.3 is 0 Å². The van der Waals surface area contributed by atoms with Gasteiger partial charge < -0.3 is 19.5 Å². The Morgan fingerprint density at radius 1 is 1.16 bits per heavy atom. The van der Waals surface area contributed by atoms with Crippen molar-refractivity contribution in [2.75, 3.05) is 25.6 Å². The fourth-order valence-corrected chi connectivity index (χ4v) is 3.70. The van der Waals surface area contributed by atoms with Gasteiger partial charge in [-0.15, -0.1) is 0 Å². The van der Waals surface area contributed by atoms with Gasteiger partial charge in [0.25, 0.3) is 6.43 Å². The van der Waals surface area contributed by atoms with Crippen LogP contribution in [0.15, 0.2) is 42.6 Å². The van der Waals surface area contributed by atoms with Gasteiger partial charge in [0.15, 0.2) is 11.5 Å². The van der Waals surface area contributed by atoms with Gasteiger partial charge in [0.1, 0.15) is 11.9 Å². The van der Waals surface area contributed by atoms with E-state index in [0.717, 1.165) is 17.9 Å². The summed E-state index contributed by atoms with van der Waals surface area (Å²) in [6.45, 7) is 2.88. The molecule has 5 nitrogen and oxygen atoms in total. The summed E-state index contributed by atoms with van der Waals surface area (Å²) >= 11 is 0. The number of methoxy groups -OCH3 is 1. The lowest BCUT2D eigenvalue weighted by Crippen LogP contribution is -2.16. The van der Waals surface area contributed by atoms with E-state index in [4.69, 9.17) is 14.2 Å². The van der Waals surface area contributed by atoms with Crippen molar-refractivity contribution in [2.45, 2.75) is 31.9 Å². The average Bonchev–Trinajstić information content (AvgIpc) is 3.26. The number of hydrogen-bond donors (Lipinski definition) is 1. The van der Waals surface area contributed by atoms with Crippen molar-refractivity contribution in [1.82, 2.24) is 4.98 Å². The van der Waals surface area contributed by atoms with Gasteiger partial charge in [-0.25, -0.2) is 13.2 Å². The predicted octanol–water partition coefficient (Wildman–Crippen LogP) is 5.66. The molecule has 1 N–H and O–H groups in total. The number of pyridine rings is 1. The molecule has 2 heterocycles. The number of ether oxygens (including phenoxy) is 3. The number of halogens is 3. The van der Waals surface area contributed by atoms with Crippen LogP contribution in [0.2, 0.25) is 0 Å². The first-order chi connectivity index (χ1) is 15.0. The standard InChI is InChI=1S/C23H23F3N2O3/c1-13(15-4-3-5-16(22(15)24)23(25)26)28-18-6-8-27-19-11-20(29-2)21(10-17(18)19)31-14-7-9-30-12-14/h3-6,8,10-11,13-14,23H,7,9,12H2,1-2H3,(H,27,28)/t13-,14+/m1/s1. The second-order valence-electron chi connectivity index (χ2n) is 7.40. The van der Waals surface area contributed by atoms with Crippen molar-refractivity contribution in [3.8, 4) is 11.5 Å². The Kier molecular flexibility index (Phi) is 6.18. The zero-order valence-electron chi connectivity index (χ0n) is 17.2. The maximum Gasteiger partial charge on any atom is 0.266 e. The van der Waals surface area contributed by atoms with E-state index in [1.807, 2.05) is 6.07 Å². The van der Waals surface area contributed by atoms with Crippen LogP contribution in [-0.4, -0.2) is 31.4 Å². The van der Waals surface area contributed by atoms with Crippen molar-refractivity contribution >= 4 is 16.6 Å². The molecule has 0 amide bonds. The van der Waals surface area contributed by atoms with Gasteiger partial charge in [-0.1, -0.05) is 18.2 Å². The number of rotatable bonds is 7. The van der Waals surface area contributed by atoms with Gasteiger partial charge in [0.05, 0.1) is 37.4 Å². The molecule has 1 saturated heterocycles. The van der Waals surface area contributed by atoms with E-state index < -0.39 is 23.8 Å². The molecule has 1 aliphatic rings. The zero-order chi connectivity index (χ0) is 22.0. The molecule has 4 rings (SSSR count). The topological polar surface area (TPSA) is 52.6 Å². The first-order valence-corrected chi connectivity index (χ1v) is 10.0. The van der Waals surface area contributed by atoms with Crippen molar-refractivity contribution in [2.24, 2.45) is 0 Å². The second kappa shape index (κ2) is 9.01. The number of benzene rings is 2. The minimum atomic E-state index is -2.87. The van der Waals surface area contributed by atoms with Crippen LogP contribution in [-0.2, 0) is 4.74 Å². The highest BCUT2D eigenvalue weighted by atomic mass is 19.3. The summed E-state index contributed by atoms with van der Waals surface area (Å²) in [6.07, 6.45) is -0.533. The lowest BCUT2D eigenvalue weighted by Gasteiger charge is -2.20. The number of nitrogens with one attached hydrogen (secondary N) is 1. The second-order valence-corrected chi connectivity index (χ2v) is 7.40. The van der Waals surface area contributed by atoms with E-state index in [1.54, 1.807) is 32.4 Å². The highest BCUT2D eigenvalue weighted by Gasteiger charge is 2.22. The molecule has 2 aromatic carbocycles. The fourth-order valence-electron chi connectivity index (χ4n) is 3.70. The highest BCUT2D eigenvalue weighted by molar-refractivity contribution is 5.93. The molecule has 0 spiro atoms. The van der Waals surface area contributed by atoms with Gasteiger partial charge in [0.2, 0.25) is 0 Å². The monoisotopic (exact) mass is 432 g/mol. The van der Waals surface area contributed by atoms with Crippen molar-refractivity contribution in [1.29, 1.82) is 0 Å². The van der Waals surface area contributed by atoms with Crippen LogP contribution in [0.3, 0.4) is 0 Å². The summed E-state index contributed by atoms with van der Waals surface area (Å²) in [6, 6.07) is 8.82. The van der Waals surface area contributed by atoms with Crippen LogP contribution in [0.5, 0.6) is 11.5 Å². The lowest BCUT2D eigenvalue weighted by molar-refractivity contribution is 0.139. The first kappa shape index (κ1) is 21.2. The molecule has 3 aromatic rings. The Morgan fingerprint density at radius 3 is 2.68 bits per heavy atom. The number of alkyl halides is 2. The molecule has 0 aliphatic carbocycles. The minimum absolute atomic E-state index is 0.0652. The average molecular weight is 432 g/mol. The number of fused-ring (bicyclic) bond motifs is 1. The predicted molar refractivity (Wildman–Crippen MR) is 112 cm³/mol. The number of hydrogen-bond acceptors (Lipinski definition) is 5. The smallest absolute Gasteiger partial charge is 0.266 e. The first-order valence-electron chi connectivity index (χ1n) is 10.0. The molecular formula is C23H23F3N2O3. The van der Waals surface area contributed by atoms with Gasteiger partial charge in [-0.05, 0) is 19.1 Å². The van der Waals surface area contributed by atoms with Crippen LogP contribution < -0.4 is 14.8 Å². The summed E-state index contributed by atoms with van der Waals surface area (Å²) in [5, 5.41) is 3.97. The van der Waals surface area contributed by atoms with Gasteiger partial charge in [0, 0.05) is 35.3 Å². The summed E-state index contributed by atoms with van der Waals surface area (Å²) in [5.41, 5.74) is 0.890. The third-order valence-electron chi connectivity index (χ3n) is 5.34. The molecule has 31 heavy (non-hydrogen) atoms. The summed E-state index contributed by atoms with van der Waals surface area (Å²) in [7, 11) is 1.56. The quantitative estimate of drug-likeness (QED) is 0.522. The van der Waals surface area contributed by atoms with Crippen LogP contribution in [0.25, 0.3) is 10.9 Å². The molecule has 2 atom stereocenters. The summed E-state index contributed by atoms with van der Waals surface area (Å²) in [5.74, 6) is 0.204. The largest absolute Gasteiger partial charge is 0.493 e. The van der Waals surface area contributed by atoms with E-state index in [0.29, 0.717) is 35.9 Å². The number of anilines is 1. The molecule has 1 fully saturated rings. The molecule has 0 unspecified atom stereocenters. The highest BCUT2D eigenvalue weighted by Crippen LogP contribution is 2.37. The molecule has 1 aromatic heterocycles. The van der Waals surface area contributed by atoms with Crippen molar-refractivity contribution in [3.63, 3.8) is 0 Å². The van der Waals surface area contributed by atoms with E-state index in [2.05, 4.69) is 10.3 Å². The summed E-state index contributed by atoms with van der Waals surface area (Å²) in [4.78, 5) is 4.38. The molecule has 164 valence electrons. The lowest BCUT2D eigenvalue weighted by atomic mass is 10.0.